The van der Waals surface area contributed by atoms with Crippen LogP contribution in [0.25, 0.3) is 0 Å². The Balaban J connectivity index is 1.32. The van der Waals surface area contributed by atoms with Gasteiger partial charge in [0.1, 0.15) is 0 Å². The highest BCUT2D eigenvalue weighted by Crippen LogP contribution is 2.38. The molecule has 0 bridgehead atoms. The Hall–Kier alpha value is -0.650. The summed E-state index contributed by atoms with van der Waals surface area (Å²) in [4.78, 5) is 14.8. The monoisotopic (exact) mass is 323 g/mol. The first-order chi connectivity index (χ1) is 11.2. The predicted octanol–water partition coefficient (Wildman–Crippen LogP) is 1.99. The van der Waals surface area contributed by atoms with Crippen LogP contribution in [-0.2, 0) is 19.0 Å². The molecule has 1 saturated carbocycles. The summed E-state index contributed by atoms with van der Waals surface area (Å²) in [6.07, 6.45) is 7.69. The van der Waals surface area contributed by atoms with E-state index in [4.69, 9.17) is 14.2 Å². The van der Waals surface area contributed by atoms with Gasteiger partial charge in [-0.15, -0.1) is 0 Å². The normalized spacial score (nSPS) is 35.8. The number of amides is 1. The molecule has 2 atom stereocenters. The van der Waals surface area contributed by atoms with Crippen LogP contribution in [0.15, 0.2) is 0 Å². The van der Waals surface area contributed by atoms with Gasteiger partial charge in [0.15, 0.2) is 0 Å². The van der Waals surface area contributed by atoms with E-state index in [9.17, 15) is 4.79 Å². The molecule has 0 unspecified atom stereocenters. The van der Waals surface area contributed by atoms with Crippen LogP contribution in [0.2, 0.25) is 0 Å². The Bertz CT molecular complexity index is 433. The first kappa shape index (κ1) is 15.9. The predicted molar refractivity (Wildman–Crippen MR) is 85.1 cm³/mol. The molecule has 4 rings (SSSR count). The molecule has 3 aliphatic heterocycles. The van der Waals surface area contributed by atoms with E-state index in [1.54, 1.807) is 0 Å². The molecule has 1 aliphatic carbocycles. The molecule has 0 aromatic heterocycles. The standard InChI is InChI=1S/C18H29NO4/c20-17(15-4-8-21-9-5-15)19-7-1-6-18(13-19)10-16(12-23-18)22-11-14-2-3-14/h14-16H,1-13H2/t16-,18+/m1/s1. The first-order valence-corrected chi connectivity index (χ1v) is 9.36. The molecule has 1 amide bonds. The average Bonchev–Trinajstić information content (AvgIpc) is 3.35. The SMILES string of the molecule is O=C(C1CCOCC1)N1CCC[C@]2(C[C@@H](OCC3CC3)CO2)C1. The average molecular weight is 323 g/mol. The Morgan fingerprint density at radius 1 is 1.22 bits per heavy atom. The Labute approximate surface area is 138 Å². The van der Waals surface area contributed by atoms with E-state index >= 15 is 0 Å². The van der Waals surface area contributed by atoms with Gasteiger partial charge in [0, 0.05) is 45.2 Å². The lowest BCUT2D eigenvalue weighted by Crippen LogP contribution is -2.52. The number of likely N-dealkylation sites (tertiary alicyclic amines) is 1. The van der Waals surface area contributed by atoms with Crippen LogP contribution in [0.1, 0.15) is 44.9 Å². The van der Waals surface area contributed by atoms with Crippen LogP contribution in [0.4, 0.5) is 0 Å². The highest BCUT2D eigenvalue weighted by Gasteiger charge is 2.45. The van der Waals surface area contributed by atoms with E-state index < -0.39 is 0 Å². The highest BCUT2D eigenvalue weighted by atomic mass is 16.6. The highest BCUT2D eigenvalue weighted by molar-refractivity contribution is 5.79. The molecule has 0 N–H and O–H groups in total. The van der Waals surface area contributed by atoms with E-state index in [2.05, 4.69) is 4.90 Å². The second-order valence-corrected chi connectivity index (χ2v) is 7.85. The minimum Gasteiger partial charge on any atom is -0.381 e. The van der Waals surface area contributed by atoms with Gasteiger partial charge in [-0.25, -0.2) is 0 Å². The van der Waals surface area contributed by atoms with Crippen molar-refractivity contribution in [3.8, 4) is 0 Å². The van der Waals surface area contributed by atoms with Gasteiger partial charge in [-0.1, -0.05) is 0 Å². The summed E-state index contributed by atoms with van der Waals surface area (Å²) in [5, 5.41) is 0. The van der Waals surface area contributed by atoms with Gasteiger partial charge in [0.2, 0.25) is 5.91 Å². The molecule has 130 valence electrons. The van der Waals surface area contributed by atoms with Gasteiger partial charge < -0.3 is 19.1 Å². The maximum absolute atomic E-state index is 12.8. The quantitative estimate of drug-likeness (QED) is 0.794. The Kier molecular flexibility index (Phi) is 4.61. The topological polar surface area (TPSA) is 48.0 Å². The van der Waals surface area contributed by atoms with Gasteiger partial charge in [-0.05, 0) is 44.4 Å². The zero-order valence-electron chi connectivity index (χ0n) is 14.0. The third kappa shape index (κ3) is 3.72. The van der Waals surface area contributed by atoms with Crippen molar-refractivity contribution in [3.05, 3.63) is 0 Å². The summed E-state index contributed by atoms with van der Waals surface area (Å²) >= 11 is 0. The van der Waals surface area contributed by atoms with Crippen molar-refractivity contribution in [1.29, 1.82) is 0 Å². The van der Waals surface area contributed by atoms with Crippen molar-refractivity contribution in [1.82, 2.24) is 4.90 Å². The van der Waals surface area contributed by atoms with E-state index in [0.717, 1.165) is 70.9 Å². The molecule has 4 fully saturated rings. The van der Waals surface area contributed by atoms with Crippen molar-refractivity contribution in [2.45, 2.75) is 56.7 Å². The van der Waals surface area contributed by atoms with Crippen LogP contribution >= 0.6 is 0 Å². The van der Waals surface area contributed by atoms with Crippen molar-refractivity contribution < 1.29 is 19.0 Å². The third-order valence-corrected chi connectivity index (χ3v) is 5.86. The molecule has 5 nitrogen and oxygen atoms in total. The summed E-state index contributed by atoms with van der Waals surface area (Å²) in [5.74, 6) is 1.27. The van der Waals surface area contributed by atoms with Crippen molar-refractivity contribution in [2.24, 2.45) is 11.8 Å². The molecule has 3 heterocycles. The lowest BCUT2D eigenvalue weighted by molar-refractivity contribution is -0.146. The van der Waals surface area contributed by atoms with Gasteiger partial charge in [0.25, 0.3) is 0 Å². The number of rotatable bonds is 4. The number of piperidine rings is 1. The summed E-state index contributed by atoms with van der Waals surface area (Å²) < 4.78 is 17.6. The summed E-state index contributed by atoms with van der Waals surface area (Å²) in [7, 11) is 0. The van der Waals surface area contributed by atoms with Gasteiger partial charge in [-0.2, -0.15) is 0 Å². The lowest BCUT2D eigenvalue weighted by Gasteiger charge is -2.41. The van der Waals surface area contributed by atoms with Gasteiger partial charge >= 0.3 is 0 Å². The van der Waals surface area contributed by atoms with Crippen LogP contribution in [0.3, 0.4) is 0 Å². The lowest BCUT2D eigenvalue weighted by atomic mass is 9.88. The maximum atomic E-state index is 12.8. The van der Waals surface area contributed by atoms with Crippen molar-refractivity contribution in [2.75, 3.05) is 39.5 Å². The summed E-state index contributed by atoms with van der Waals surface area (Å²) in [5.41, 5.74) is -0.146. The van der Waals surface area contributed by atoms with Gasteiger partial charge in [0.05, 0.1) is 18.3 Å². The fourth-order valence-electron chi connectivity index (χ4n) is 4.24. The van der Waals surface area contributed by atoms with E-state index in [-0.39, 0.29) is 17.6 Å². The summed E-state index contributed by atoms with van der Waals surface area (Å²) in [6, 6.07) is 0. The van der Waals surface area contributed by atoms with Crippen molar-refractivity contribution in [3.63, 3.8) is 0 Å². The number of carbonyl (C=O) groups is 1. The van der Waals surface area contributed by atoms with Crippen LogP contribution in [0, 0.1) is 11.8 Å². The molecule has 0 aromatic rings. The van der Waals surface area contributed by atoms with Gasteiger partial charge in [-0.3, -0.25) is 4.79 Å². The largest absolute Gasteiger partial charge is 0.381 e. The molecule has 4 aliphatic rings. The number of ether oxygens (including phenoxy) is 3. The minimum absolute atomic E-state index is 0.146. The second-order valence-electron chi connectivity index (χ2n) is 7.85. The van der Waals surface area contributed by atoms with Crippen LogP contribution in [-0.4, -0.2) is 62.0 Å². The molecule has 23 heavy (non-hydrogen) atoms. The van der Waals surface area contributed by atoms with E-state index in [0.29, 0.717) is 12.5 Å². The molecule has 1 spiro atoms. The van der Waals surface area contributed by atoms with Crippen molar-refractivity contribution >= 4 is 5.91 Å². The smallest absolute Gasteiger partial charge is 0.225 e. The number of carbonyl (C=O) groups excluding carboxylic acids is 1. The molecular formula is C18H29NO4. The Morgan fingerprint density at radius 3 is 2.83 bits per heavy atom. The number of hydrogen-bond acceptors (Lipinski definition) is 4. The minimum atomic E-state index is -0.146. The fraction of sp³-hybridized carbons (Fsp3) is 0.944. The number of hydrogen-bond donors (Lipinski definition) is 0. The zero-order chi connectivity index (χ0) is 15.7. The fourth-order valence-corrected chi connectivity index (χ4v) is 4.24. The molecule has 5 heteroatoms. The van der Waals surface area contributed by atoms with E-state index in [1.807, 2.05) is 0 Å². The summed E-state index contributed by atoms with van der Waals surface area (Å²) in [6.45, 7) is 4.69. The third-order valence-electron chi connectivity index (χ3n) is 5.86. The second kappa shape index (κ2) is 6.69. The molecule has 3 saturated heterocycles. The van der Waals surface area contributed by atoms with Crippen LogP contribution in [0.5, 0.6) is 0 Å². The van der Waals surface area contributed by atoms with Crippen LogP contribution < -0.4 is 0 Å². The molecular weight excluding hydrogens is 294 g/mol. The Morgan fingerprint density at radius 2 is 2.04 bits per heavy atom. The number of nitrogens with zero attached hydrogens (tertiary/aromatic N) is 1. The molecule has 0 aromatic carbocycles. The first-order valence-electron chi connectivity index (χ1n) is 9.36. The zero-order valence-corrected chi connectivity index (χ0v) is 14.0. The van der Waals surface area contributed by atoms with E-state index in [1.165, 1.54) is 12.8 Å². The maximum Gasteiger partial charge on any atom is 0.225 e. The molecule has 0 radical (unpaired) electrons.